The maximum atomic E-state index is 6.35. The second-order valence-corrected chi connectivity index (χ2v) is 13.0. The molecule has 9 rings (SSSR count). The van der Waals surface area contributed by atoms with Crippen LogP contribution in [0, 0.1) is 0 Å². The Kier molecular flexibility index (Phi) is 7.34. The number of nitrogens with zero attached hydrogens (tertiary/aromatic N) is 6. The quantitative estimate of drug-likeness (QED) is 0.163. The second-order valence-electron chi connectivity index (χ2n) is 11.1. The molecule has 0 saturated heterocycles. The Morgan fingerprint density at radius 3 is 2.24 bits per heavy atom. The van der Waals surface area contributed by atoms with E-state index < -0.39 is 0 Å². The lowest BCUT2D eigenvalue weighted by atomic mass is 10.1. The zero-order valence-electron chi connectivity index (χ0n) is 25.3. The summed E-state index contributed by atoms with van der Waals surface area (Å²) in [6.07, 6.45) is 4.02. The number of fused-ring (bicyclic) bond motifs is 3. The van der Waals surface area contributed by atoms with Crippen molar-refractivity contribution in [1.82, 2.24) is 24.7 Å². The van der Waals surface area contributed by atoms with Crippen LogP contribution in [0.5, 0.6) is 5.75 Å². The Labute approximate surface area is 293 Å². The summed E-state index contributed by atoms with van der Waals surface area (Å²) in [4.78, 5) is 0.789. The Balaban J connectivity index is 1.17. The van der Waals surface area contributed by atoms with Crippen molar-refractivity contribution in [2.24, 2.45) is 5.10 Å². The Bertz CT molecular complexity index is 2520. The number of halogens is 2. The SMILES string of the molecule is Clc1ccc(OCc2nnc3n2N=C(c2cc4ccccc4o2)/C(=C/c2cn(-c4ccccc4)nc2-c2cc4ccccc4o2)S3)c(Cl)c1. The summed E-state index contributed by atoms with van der Waals surface area (Å²) in [5, 5.41) is 22.3. The number of allylic oxidation sites excluding steroid dienone is 1. The van der Waals surface area contributed by atoms with Gasteiger partial charge in [-0.2, -0.15) is 14.9 Å². The van der Waals surface area contributed by atoms with Crippen LogP contribution in [-0.4, -0.2) is 30.4 Å². The van der Waals surface area contributed by atoms with E-state index in [1.54, 1.807) is 22.9 Å². The largest absolute Gasteiger partial charge is 0.484 e. The van der Waals surface area contributed by atoms with Crippen LogP contribution in [0.2, 0.25) is 10.0 Å². The number of benzene rings is 4. The predicted molar refractivity (Wildman–Crippen MR) is 192 cm³/mol. The highest BCUT2D eigenvalue weighted by Gasteiger charge is 2.28. The van der Waals surface area contributed by atoms with Gasteiger partial charge in [-0.15, -0.1) is 10.2 Å². The molecule has 0 bridgehead atoms. The molecule has 0 unspecified atom stereocenters. The number of para-hydroxylation sites is 3. The lowest BCUT2D eigenvalue weighted by Gasteiger charge is -2.16. The van der Waals surface area contributed by atoms with Crippen LogP contribution < -0.4 is 4.74 Å². The fourth-order valence-corrected chi connectivity index (χ4v) is 6.98. The smallest absolute Gasteiger partial charge is 0.217 e. The molecule has 0 N–H and O–H groups in total. The van der Waals surface area contributed by atoms with Crippen LogP contribution in [0.25, 0.3) is 45.2 Å². The van der Waals surface area contributed by atoms with E-state index in [0.717, 1.165) is 38.1 Å². The zero-order valence-corrected chi connectivity index (χ0v) is 27.7. The minimum absolute atomic E-state index is 0.0743. The molecule has 0 atom stereocenters. The average Bonchev–Trinajstić information content (AvgIpc) is 3.92. The molecule has 4 aromatic heterocycles. The topological polar surface area (TPSA) is 96.4 Å². The maximum absolute atomic E-state index is 6.35. The third-order valence-electron chi connectivity index (χ3n) is 7.93. The predicted octanol–water partition coefficient (Wildman–Crippen LogP) is 9.91. The highest BCUT2D eigenvalue weighted by atomic mass is 35.5. The molecule has 1 aliphatic heterocycles. The first-order valence-electron chi connectivity index (χ1n) is 15.2. The third-order valence-corrected chi connectivity index (χ3v) is 9.43. The van der Waals surface area contributed by atoms with Crippen molar-refractivity contribution in [2.75, 3.05) is 0 Å². The first-order chi connectivity index (χ1) is 24.1. The van der Waals surface area contributed by atoms with Gasteiger partial charge in [0.05, 0.1) is 10.7 Å². The molecule has 4 aromatic carbocycles. The monoisotopic (exact) mass is 700 g/mol. The average molecular weight is 702 g/mol. The van der Waals surface area contributed by atoms with Crippen molar-refractivity contribution in [3.8, 4) is 22.9 Å². The third kappa shape index (κ3) is 5.59. The molecule has 8 aromatic rings. The van der Waals surface area contributed by atoms with E-state index in [1.165, 1.54) is 11.8 Å². The molecule has 5 heterocycles. The van der Waals surface area contributed by atoms with Crippen molar-refractivity contribution in [3.63, 3.8) is 0 Å². The molecular formula is C37H22Cl2N6O3S. The molecule has 0 amide bonds. The van der Waals surface area contributed by atoms with Crippen molar-refractivity contribution < 1.29 is 13.6 Å². The van der Waals surface area contributed by atoms with Crippen molar-refractivity contribution in [1.29, 1.82) is 0 Å². The van der Waals surface area contributed by atoms with Crippen LogP contribution in [-0.2, 0) is 6.61 Å². The standard InChI is InChI=1S/C37H22Cl2N6O3S/c38-25-14-15-30(27(39)19-25)46-21-34-40-41-37-45(34)43-36(32-17-23-9-5-7-13-29(23)48-32)33(49-37)18-24-20-44(26-10-2-1-3-11-26)42-35(24)31-16-22-8-4-6-12-28(22)47-31/h1-20H,21H2/b33-18-. The van der Waals surface area contributed by atoms with Crippen LogP contribution in [0.4, 0.5) is 0 Å². The molecule has 0 radical (unpaired) electrons. The summed E-state index contributed by atoms with van der Waals surface area (Å²) < 4.78 is 22.2. The Morgan fingerprint density at radius 1 is 0.776 bits per heavy atom. The molecule has 0 spiro atoms. The molecule has 0 aliphatic carbocycles. The van der Waals surface area contributed by atoms with Gasteiger partial charge in [0, 0.05) is 32.5 Å². The van der Waals surface area contributed by atoms with Gasteiger partial charge in [-0.3, -0.25) is 0 Å². The lowest BCUT2D eigenvalue weighted by molar-refractivity contribution is 0.290. The van der Waals surface area contributed by atoms with E-state index in [2.05, 4.69) is 10.2 Å². The summed E-state index contributed by atoms with van der Waals surface area (Å²) in [7, 11) is 0. The normalized spacial score (nSPS) is 13.7. The van der Waals surface area contributed by atoms with Gasteiger partial charge in [0.25, 0.3) is 0 Å². The van der Waals surface area contributed by atoms with E-state index in [1.807, 2.05) is 108 Å². The number of hydrogen-bond donors (Lipinski definition) is 0. The van der Waals surface area contributed by atoms with Crippen LogP contribution in [0.3, 0.4) is 0 Å². The van der Waals surface area contributed by atoms with Crippen molar-refractivity contribution in [2.45, 2.75) is 11.8 Å². The molecule has 1 aliphatic rings. The number of thioether (sulfide) groups is 1. The minimum atomic E-state index is 0.0743. The summed E-state index contributed by atoms with van der Waals surface area (Å²) >= 11 is 13.8. The number of rotatable bonds is 7. The highest BCUT2D eigenvalue weighted by Crippen LogP contribution is 2.39. The van der Waals surface area contributed by atoms with E-state index in [0.29, 0.717) is 49.7 Å². The number of furan rings is 2. The zero-order chi connectivity index (χ0) is 32.9. The van der Waals surface area contributed by atoms with E-state index in [-0.39, 0.29) is 6.61 Å². The van der Waals surface area contributed by atoms with Gasteiger partial charge in [0.2, 0.25) is 5.16 Å². The number of aromatic nitrogens is 5. The van der Waals surface area contributed by atoms with Gasteiger partial charge >= 0.3 is 0 Å². The molecule has 238 valence electrons. The van der Waals surface area contributed by atoms with Crippen molar-refractivity contribution >= 4 is 68.7 Å². The summed E-state index contributed by atoms with van der Waals surface area (Å²) in [5.74, 6) is 2.20. The minimum Gasteiger partial charge on any atom is -0.484 e. The summed E-state index contributed by atoms with van der Waals surface area (Å²) in [6, 6.07) is 34.8. The first-order valence-corrected chi connectivity index (χ1v) is 16.8. The Morgan fingerprint density at radius 2 is 1.49 bits per heavy atom. The van der Waals surface area contributed by atoms with Crippen LogP contribution in [0.15, 0.2) is 139 Å². The molecule has 0 saturated carbocycles. The van der Waals surface area contributed by atoms with Gasteiger partial charge in [0.1, 0.15) is 34.9 Å². The Hall–Kier alpha value is -5.55. The van der Waals surface area contributed by atoms with Gasteiger partial charge in [0.15, 0.2) is 17.3 Å². The molecular weight excluding hydrogens is 679 g/mol. The summed E-state index contributed by atoms with van der Waals surface area (Å²) in [5.41, 5.74) is 4.55. The second kappa shape index (κ2) is 12.2. The van der Waals surface area contributed by atoms with Gasteiger partial charge < -0.3 is 13.6 Å². The number of ether oxygens (including phenoxy) is 1. The lowest BCUT2D eigenvalue weighted by Crippen LogP contribution is -2.14. The molecule has 9 nitrogen and oxygen atoms in total. The fourth-order valence-electron chi connectivity index (χ4n) is 5.58. The maximum Gasteiger partial charge on any atom is 0.217 e. The van der Waals surface area contributed by atoms with Crippen LogP contribution >= 0.6 is 35.0 Å². The van der Waals surface area contributed by atoms with Gasteiger partial charge in [-0.05, 0) is 72.4 Å². The van der Waals surface area contributed by atoms with Gasteiger partial charge in [-0.1, -0.05) is 77.8 Å². The van der Waals surface area contributed by atoms with Gasteiger partial charge in [-0.25, -0.2) is 4.68 Å². The number of hydrogen-bond acceptors (Lipinski definition) is 8. The molecule has 49 heavy (non-hydrogen) atoms. The highest BCUT2D eigenvalue weighted by molar-refractivity contribution is 8.04. The molecule has 12 heteroatoms. The van der Waals surface area contributed by atoms with E-state index in [9.17, 15) is 0 Å². The summed E-state index contributed by atoms with van der Waals surface area (Å²) in [6.45, 7) is 0.0743. The molecule has 0 fully saturated rings. The fraction of sp³-hybridized carbons (Fsp3) is 0.0270. The first kappa shape index (κ1) is 29.6. The van der Waals surface area contributed by atoms with E-state index in [4.69, 9.17) is 47.0 Å². The van der Waals surface area contributed by atoms with Crippen molar-refractivity contribution in [3.05, 3.63) is 147 Å². The van der Waals surface area contributed by atoms with E-state index >= 15 is 0 Å². The van der Waals surface area contributed by atoms with Crippen LogP contribution in [0.1, 0.15) is 17.1 Å².